The van der Waals surface area contributed by atoms with Gasteiger partial charge in [-0.15, -0.1) is 0 Å². The Labute approximate surface area is 188 Å². The molecule has 0 spiro atoms. The Bertz CT molecular complexity index is 481. The van der Waals surface area contributed by atoms with Crippen LogP contribution in [0.2, 0.25) is 0 Å². The molecule has 176 valence electrons. The maximum atomic E-state index is 4.31. The zero-order chi connectivity index (χ0) is 21.5. The average Bonchev–Trinajstić information content (AvgIpc) is 3.22. The fourth-order valence-electron chi connectivity index (χ4n) is 7.45. The molecule has 3 N–H and O–H groups in total. The van der Waals surface area contributed by atoms with Crippen LogP contribution in [0.15, 0.2) is 0 Å². The van der Waals surface area contributed by atoms with Crippen LogP contribution in [0.1, 0.15) is 97.8 Å². The molecular formula is C27H53N3. The molecule has 2 saturated carbocycles. The first kappa shape index (κ1) is 24.5. The van der Waals surface area contributed by atoms with Crippen molar-refractivity contribution in [2.75, 3.05) is 20.6 Å². The van der Waals surface area contributed by atoms with Gasteiger partial charge in [-0.3, -0.25) is 0 Å². The predicted octanol–water partition coefficient (Wildman–Crippen LogP) is 5.60. The Morgan fingerprint density at radius 2 is 1.73 bits per heavy atom. The number of nitrogens with one attached hydrogen (secondary N) is 3. The number of rotatable bonds is 9. The summed E-state index contributed by atoms with van der Waals surface area (Å²) < 4.78 is 0. The summed E-state index contributed by atoms with van der Waals surface area (Å²) in [6.07, 6.45) is 17.1. The van der Waals surface area contributed by atoms with E-state index in [2.05, 4.69) is 50.8 Å². The minimum Gasteiger partial charge on any atom is -0.320 e. The maximum Gasteiger partial charge on any atom is 0.0101 e. The molecule has 0 aromatic rings. The topological polar surface area (TPSA) is 36.1 Å². The highest BCUT2D eigenvalue weighted by Crippen LogP contribution is 2.42. The fourth-order valence-corrected chi connectivity index (χ4v) is 7.45. The minimum absolute atomic E-state index is 0.736. The maximum absolute atomic E-state index is 4.31. The summed E-state index contributed by atoms with van der Waals surface area (Å²) in [5.41, 5.74) is 0. The van der Waals surface area contributed by atoms with Crippen LogP contribution in [0.3, 0.4) is 0 Å². The van der Waals surface area contributed by atoms with E-state index in [1.54, 1.807) is 0 Å². The van der Waals surface area contributed by atoms with Gasteiger partial charge >= 0.3 is 0 Å². The molecular weight excluding hydrogens is 366 g/mol. The second kappa shape index (κ2) is 12.2. The summed E-state index contributed by atoms with van der Waals surface area (Å²) in [6, 6.07) is 2.29. The van der Waals surface area contributed by atoms with Gasteiger partial charge in [0.1, 0.15) is 0 Å². The van der Waals surface area contributed by atoms with Gasteiger partial charge in [-0.25, -0.2) is 0 Å². The van der Waals surface area contributed by atoms with Gasteiger partial charge in [0.25, 0.3) is 0 Å². The molecule has 3 heteroatoms. The van der Waals surface area contributed by atoms with Crippen molar-refractivity contribution in [2.24, 2.45) is 35.5 Å². The molecule has 3 nitrogen and oxygen atoms in total. The molecule has 1 saturated heterocycles. The van der Waals surface area contributed by atoms with Gasteiger partial charge in [-0.2, -0.15) is 0 Å². The highest BCUT2D eigenvalue weighted by molar-refractivity contribution is 4.94. The number of fused-ring (bicyclic) bond motifs is 1. The van der Waals surface area contributed by atoms with Crippen LogP contribution >= 0.6 is 0 Å². The molecule has 0 bridgehead atoms. The van der Waals surface area contributed by atoms with Crippen LogP contribution in [0.4, 0.5) is 0 Å². The summed E-state index contributed by atoms with van der Waals surface area (Å²) in [7, 11) is 4.24. The fraction of sp³-hybridized carbons (Fsp3) is 1.00. The number of hydrogen-bond donors (Lipinski definition) is 3. The molecule has 0 aromatic carbocycles. The molecule has 2 aliphatic carbocycles. The molecule has 0 amide bonds. The Balaban J connectivity index is 1.59. The van der Waals surface area contributed by atoms with Gasteiger partial charge in [-0.05, 0) is 120 Å². The van der Waals surface area contributed by atoms with E-state index in [1.807, 2.05) is 0 Å². The first-order chi connectivity index (χ1) is 14.5. The van der Waals surface area contributed by atoms with E-state index in [0.717, 1.165) is 53.6 Å². The summed E-state index contributed by atoms with van der Waals surface area (Å²) in [5.74, 6) is 5.40. The van der Waals surface area contributed by atoms with E-state index >= 15 is 0 Å². The molecule has 0 radical (unpaired) electrons. The second-order valence-electron chi connectivity index (χ2n) is 11.5. The Morgan fingerprint density at radius 1 is 0.933 bits per heavy atom. The molecule has 9 unspecified atom stereocenters. The number of hydrogen-bond acceptors (Lipinski definition) is 3. The minimum atomic E-state index is 0.736. The molecule has 3 fully saturated rings. The lowest BCUT2D eigenvalue weighted by Crippen LogP contribution is -2.52. The van der Waals surface area contributed by atoms with Crippen molar-refractivity contribution in [3.8, 4) is 0 Å². The van der Waals surface area contributed by atoms with Crippen molar-refractivity contribution in [1.82, 2.24) is 16.0 Å². The van der Waals surface area contributed by atoms with Crippen LogP contribution in [-0.2, 0) is 0 Å². The predicted molar refractivity (Wildman–Crippen MR) is 131 cm³/mol. The lowest BCUT2D eigenvalue weighted by atomic mass is 9.66. The molecule has 3 rings (SSSR count). The van der Waals surface area contributed by atoms with Crippen LogP contribution in [-0.4, -0.2) is 38.8 Å². The first-order valence-electron chi connectivity index (χ1n) is 13.6. The molecule has 1 aliphatic heterocycles. The van der Waals surface area contributed by atoms with Gasteiger partial charge in [-0.1, -0.05) is 33.6 Å². The third kappa shape index (κ3) is 6.45. The highest BCUT2D eigenvalue weighted by atomic mass is 15.0. The van der Waals surface area contributed by atoms with Crippen LogP contribution in [0.25, 0.3) is 0 Å². The first-order valence-corrected chi connectivity index (χ1v) is 13.6. The summed E-state index contributed by atoms with van der Waals surface area (Å²) in [5, 5.41) is 11.2. The van der Waals surface area contributed by atoms with E-state index in [0.29, 0.717) is 0 Å². The lowest BCUT2D eigenvalue weighted by Gasteiger charge is -2.46. The van der Waals surface area contributed by atoms with Crippen molar-refractivity contribution in [1.29, 1.82) is 0 Å². The van der Waals surface area contributed by atoms with Crippen molar-refractivity contribution in [3.63, 3.8) is 0 Å². The van der Waals surface area contributed by atoms with Crippen molar-refractivity contribution in [3.05, 3.63) is 0 Å². The second-order valence-corrected chi connectivity index (χ2v) is 11.5. The van der Waals surface area contributed by atoms with Gasteiger partial charge in [0.15, 0.2) is 0 Å². The van der Waals surface area contributed by atoms with E-state index < -0.39 is 0 Å². The third-order valence-corrected chi connectivity index (χ3v) is 9.56. The third-order valence-electron chi connectivity index (χ3n) is 9.56. The van der Waals surface area contributed by atoms with Crippen LogP contribution in [0, 0.1) is 35.5 Å². The van der Waals surface area contributed by atoms with Crippen molar-refractivity contribution in [2.45, 2.75) is 116 Å². The summed E-state index contributed by atoms with van der Waals surface area (Å²) in [4.78, 5) is 0. The van der Waals surface area contributed by atoms with Crippen molar-refractivity contribution < 1.29 is 0 Å². The van der Waals surface area contributed by atoms with E-state index in [9.17, 15) is 0 Å². The van der Waals surface area contributed by atoms with Gasteiger partial charge in [0.05, 0.1) is 0 Å². The molecule has 0 aromatic heterocycles. The Kier molecular flexibility index (Phi) is 9.98. The quantitative estimate of drug-likeness (QED) is 0.426. The molecule has 9 atom stereocenters. The van der Waals surface area contributed by atoms with E-state index in [4.69, 9.17) is 0 Å². The Morgan fingerprint density at radius 3 is 2.47 bits per heavy atom. The lowest BCUT2D eigenvalue weighted by molar-refractivity contribution is 0.0801. The van der Waals surface area contributed by atoms with Crippen LogP contribution < -0.4 is 16.0 Å². The van der Waals surface area contributed by atoms with Crippen LogP contribution in [0.5, 0.6) is 0 Å². The van der Waals surface area contributed by atoms with E-state index in [-0.39, 0.29) is 0 Å². The normalized spacial score (nSPS) is 39.7. The summed E-state index contributed by atoms with van der Waals surface area (Å²) in [6.45, 7) is 8.83. The zero-order valence-electron chi connectivity index (χ0n) is 20.9. The largest absolute Gasteiger partial charge is 0.320 e. The highest BCUT2D eigenvalue weighted by Gasteiger charge is 2.39. The molecule has 3 aliphatic rings. The van der Waals surface area contributed by atoms with Gasteiger partial charge in [0.2, 0.25) is 0 Å². The molecule has 30 heavy (non-hydrogen) atoms. The van der Waals surface area contributed by atoms with E-state index in [1.165, 1.54) is 83.6 Å². The monoisotopic (exact) mass is 419 g/mol. The van der Waals surface area contributed by atoms with Crippen molar-refractivity contribution >= 4 is 0 Å². The average molecular weight is 420 g/mol. The Hall–Kier alpha value is -0.120. The van der Waals surface area contributed by atoms with Gasteiger partial charge in [0, 0.05) is 18.1 Å². The zero-order valence-corrected chi connectivity index (χ0v) is 20.9. The standard InChI is InChI=1S/C27H53N3/c1-19(10-8-16-28-4)24-11-7-13-26-25(24)12-6-9-20(2)27(30-26)17-21(3)22-14-15-23(18-22)29-5/h19-30H,6-18H2,1-5H3. The smallest absolute Gasteiger partial charge is 0.0101 e. The van der Waals surface area contributed by atoms with Gasteiger partial charge < -0.3 is 16.0 Å². The molecule has 1 heterocycles. The summed E-state index contributed by atoms with van der Waals surface area (Å²) >= 11 is 0. The SMILES string of the molecule is CNCCCC(C)C1CCCC2NC(CC(C)C3CCC(NC)C3)C(C)CCCC21.